The Morgan fingerprint density at radius 1 is 1.23 bits per heavy atom. The highest BCUT2D eigenvalue weighted by atomic mass is 19.4. The molecule has 158 valence electrons. The van der Waals surface area contributed by atoms with Gasteiger partial charge in [0.2, 0.25) is 0 Å². The predicted molar refractivity (Wildman–Crippen MR) is 102 cm³/mol. The minimum atomic E-state index is -4.38. The van der Waals surface area contributed by atoms with E-state index in [4.69, 9.17) is 9.15 Å². The van der Waals surface area contributed by atoms with E-state index >= 15 is 0 Å². The van der Waals surface area contributed by atoms with E-state index in [-0.39, 0.29) is 12.3 Å². The van der Waals surface area contributed by atoms with Crippen LogP contribution in [0, 0.1) is 6.92 Å². The summed E-state index contributed by atoms with van der Waals surface area (Å²) in [5.41, 5.74) is 0.0364. The molecule has 3 aromatic rings. The standard InChI is InChI=1S/C21H20F3N3O3/c1-13-2-7-18(30-13)16-10-17(27-26-16)19(28)25-20(8-9-29-12-20)11-14-3-5-15(6-4-14)21(22,23)24/h2-7,10H,8-9,11-12H2,1H3,(H,25,28)(H,26,27). The van der Waals surface area contributed by atoms with Crippen molar-refractivity contribution in [2.75, 3.05) is 13.2 Å². The van der Waals surface area contributed by atoms with Crippen LogP contribution in [0.4, 0.5) is 13.2 Å². The zero-order valence-electron chi connectivity index (χ0n) is 16.2. The van der Waals surface area contributed by atoms with Crippen molar-refractivity contribution in [3.8, 4) is 11.5 Å². The zero-order valence-corrected chi connectivity index (χ0v) is 16.2. The van der Waals surface area contributed by atoms with Gasteiger partial charge in [0, 0.05) is 12.7 Å². The summed E-state index contributed by atoms with van der Waals surface area (Å²) in [4.78, 5) is 12.8. The average molecular weight is 419 g/mol. The number of nitrogens with one attached hydrogen (secondary N) is 2. The highest BCUT2D eigenvalue weighted by Gasteiger charge is 2.38. The van der Waals surface area contributed by atoms with Gasteiger partial charge in [0.25, 0.3) is 5.91 Å². The summed E-state index contributed by atoms with van der Waals surface area (Å²) in [6.07, 6.45) is -3.48. The number of halogens is 3. The van der Waals surface area contributed by atoms with Gasteiger partial charge in [0.1, 0.15) is 11.5 Å². The number of hydrogen-bond donors (Lipinski definition) is 2. The fourth-order valence-electron chi connectivity index (χ4n) is 3.54. The lowest BCUT2D eigenvalue weighted by molar-refractivity contribution is -0.137. The predicted octanol–water partition coefficient (Wildman–Crippen LogP) is 4.13. The molecule has 1 unspecified atom stereocenters. The number of furan rings is 1. The molecule has 0 spiro atoms. The first-order chi connectivity index (χ1) is 14.2. The Labute approximate surface area is 170 Å². The Morgan fingerprint density at radius 3 is 2.60 bits per heavy atom. The number of carbonyl (C=O) groups is 1. The molecule has 6 nitrogen and oxygen atoms in total. The Hall–Kier alpha value is -3.07. The van der Waals surface area contributed by atoms with Crippen molar-refractivity contribution in [1.82, 2.24) is 15.5 Å². The van der Waals surface area contributed by atoms with Crippen LogP contribution in [0.3, 0.4) is 0 Å². The summed E-state index contributed by atoms with van der Waals surface area (Å²) in [7, 11) is 0. The van der Waals surface area contributed by atoms with Crippen LogP contribution in [0.5, 0.6) is 0 Å². The first-order valence-electron chi connectivity index (χ1n) is 9.43. The van der Waals surface area contributed by atoms with Crippen LogP contribution in [0.2, 0.25) is 0 Å². The number of alkyl halides is 3. The van der Waals surface area contributed by atoms with Crippen LogP contribution in [-0.4, -0.2) is 34.9 Å². The van der Waals surface area contributed by atoms with Gasteiger partial charge in [0.15, 0.2) is 11.5 Å². The van der Waals surface area contributed by atoms with E-state index in [2.05, 4.69) is 15.5 Å². The van der Waals surface area contributed by atoms with Crippen molar-refractivity contribution in [1.29, 1.82) is 0 Å². The van der Waals surface area contributed by atoms with Crippen LogP contribution >= 0.6 is 0 Å². The Kier molecular flexibility index (Phi) is 5.15. The van der Waals surface area contributed by atoms with Crippen LogP contribution in [0.1, 0.15) is 33.8 Å². The number of aromatic nitrogens is 2. The van der Waals surface area contributed by atoms with E-state index in [1.165, 1.54) is 12.1 Å². The second kappa shape index (κ2) is 7.64. The second-order valence-corrected chi connectivity index (χ2v) is 7.49. The van der Waals surface area contributed by atoms with Crippen molar-refractivity contribution >= 4 is 5.91 Å². The first-order valence-corrected chi connectivity index (χ1v) is 9.43. The molecule has 0 bridgehead atoms. The van der Waals surface area contributed by atoms with E-state index in [0.29, 0.717) is 36.5 Å². The topological polar surface area (TPSA) is 80.1 Å². The van der Waals surface area contributed by atoms with Gasteiger partial charge in [-0.3, -0.25) is 9.89 Å². The van der Waals surface area contributed by atoms with Crippen molar-refractivity contribution in [3.63, 3.8) is 0 Å². The molecule has 2 aromatic heterocycles. The van der Waals surface area contributed by atoms with Crippen LogP contribution in [0.15, 0.2) is 46.9 Å². The number of benzene rings is 1. The van der Waals surface area contributed by atoms with E-state index in [1.807, 2.05) is 13.0 Å². The van der Waals surface area contributed by atoms with E-state index in [1.54, 1.807) is 12.1 Å². The number of aryl methyl sites for hydroxylation is 1. The highest BCUT2D eigenvalue weighted by Crippen LogP contribution is 2.31. The fraction of sp³-hybridized carbons (Fsp3) is 0.333. The average Bonchev–Trinajstić information content (AvgIpc) is 3.42. The summed E-state index contributed by atoms with van der Waals surface area (Å²) in [5.74, 6) is 0.921. The Bertz CT molecular complexity index is 1030. The molecule has 9 heteroatoms. The maximum atomic E-state index is 12.8. The third kappa shape index (κ3) is 4.25. The molecule has 1 aromatic carbocycles. The highest BCUT2D eigenvalue weighted by molar-refractivity contribution is 5.93. The van der Waals surface area contributed by atoms with E-state index in [0.717, 1.165) is 17.9 Å². The van der Waals surface area contributed by atoms with Gasteiger partial charge in [-0.15, -0.1) is 0 Å². The molecule has 0 aliphatic carbocycles. The molecule has 2 N–H and O–H groups in total. The quantitative estimate of drug-likeness (QED) is 0.652. The number of rotatable bonds is 5. The third-order valence-electron chi connectivity index (χ3n) is 5.12. The summed E-state index contributed by atoms with van der Waals surface area (Å²) in [6.45, 7) is 2.55. The molecule has 4 rings (SSSR count). The number of amides is 1. The first kappa shape index (κ1) is 20.2. The molecule has 1 saturated heterocycles. The maximum Gasteiger partial charge on any atom is 0.416 e. The van der Waals surface area contributed by atoms with Crippen molar-refractivity contribution in [2.24, 2.45) is 0 Å². The smallest absolute Gasteiger partial charge is 0.416 e. The maximum absolute atomic E-state index is 12.8. The van der Waals surface area contributed by atoms with Gasteiger partial charge in [-0.2, -0.15) is 18.3 Å². The molecule has 1 atom stereocenters. The van der Waals surface area contributed by atoms with Crippen LogP contribution in [-0.2, 0) is 17.3 Å². The summed E-state index contributed by atoms with van der Waals surface area (Å²) in [5, 5.41) is 9.81. The molecule has 30 heavy (non-hydrogen) atoms. The van der Waals surface area contributed by atoms with Gasteiger partial charge in [-0.25, -0.2) is 0 Å². The summed E-state index contributed by atoms with van der Waals surface area (Å²) < 4.78 is 49.4. The minimum absolute atomic E-state index is 0.192. The van der Waals surface area contributed by atoms with Crippen molar-refractivity contribution < 1.29 is 27.1 Å². The van der Waals surface area contributed by atoms with Crippen molar-refractivity contribution in [3.05, 3.63) is 65.0 Å². The number of ether oxygens (including phenoxy) is 1. The number of carbonyl (C=O) groups excluding carboxylic acids is 1. The lowest BCUT2D eigenvalue weighted by Gasteiger charge is -2.28. The fourth-order valence-corrected chi connectivity index (χ4v) is 3.54. The molecule has 1 aliphatic heterocycles. The lowest BCUT2D eigenvalue weighted by Crippen LogP contribution is -2.50. The van der Waals surface area contributed by atoms with Gasteiger partial charge in [0.05, 0.1) is 17.7 Å². The normalized spacial score (nSPS) is 19.2. The van der Waals surface area contributed by atoms with E-state index in [9.17, 15) is 18.0 Å². The third-order valence-corrected chi connectivity index (χ3v) is 5.12. The van der Waals surface area contributed by atoms with Gasteiger partial charge >= 0.3 is 6.18 Å². The molecule has 1 fully saturated rings. The summed E-state index contributed by atoms with van der Waals surface area (Å²) >= 11 is 0. The second-order valence-electron chi connectivity index (χ2n) is 7.49. The van der Waals surface area contributed by atoms with Crippen LogP contribution < -0.4 is 5.32 Å². The largest absolute Gasteiger partial charge is 0.460 e. The Morgan fingerprint density at radius 2 is 2.00 bits per heavy atom. The van der Waals surface area contributed by atoms with Gasteiger partial charge in [-0.05, 0) is 49.6 Å². The molecule has 3 heterocycles. The molecule has 1 amide bonds. The van der Waals surface area contributed by atoms with Crippen LogP contribution in [0.25, 0.3) is 11.5 Å². The number of nitrogens with zero attached hydrogens (tertiary/aromatic N) is 1. The molecule has 0 saturated carbocycles. The monoisotopic (exact) mass is 419 g/mol. The molecular formula is C21H20F3N3O3. The van der Waals surface area contributed by atoms with E-state index < -0.39 is 23.2 Å². The number of H-pyrrole nitrogens is 1. The number of hydrogen-bond acceptors (Lipinski definition) is 4. The number of aromatic amines is 1. The Balaban J connectivity index is 1.49. The summed E-state index contributed by atoms with van der Waals surface area (Å²) in [6, 6.07) is 10.1. The van der Waals surface area contributed by atoms with Crippen molar-refractivity contribution in [2.45, 2.75) is 31.5 Å². The molecule has 1 aliphatic rings. The zero-order chi connectivity index (χ0) is 21.4. The van der Waals surface area contributed by atoms with Gasteiger partial charge in [-0.1, -0.05) is 12.1 Å². The SMILES string of the molecule is Cc1ccc(-c2cc(C(=O)NC3(Cc4ccc(C(F)(F)F)cc4)CCOC3)n[nH]2)o1. The minimum Gasteiger partial charge on any atom is -0.460 e. The molecule has 0 radical (unpaired) electrons. The van der Waals surface area contributed by atoms with Gasteiger partial charge < -0.3 is 14.5 Å². The lowest BCUT2D eigenvalue weighted by atomic mass is 9.89. The molecular weight excluding hydrogens is 399 g/mol.